The molecule has 1 aliphatic carbocycles. The van der Waals surface area contributed by atoms with E-state index in [0.717, 1.165) is 18.4 Å². The maximum atomic E-state index is 12.5. The van der Waals surface area contributed by atoms with Crippen LogP contribution in [0.15, 0.2) is 35.3 Å². The SMILES string of the molecule is C[C@H](N=CC1C(=O)NC(=S)N(C2CC2)C1=O)c1ccccc1. The smallest absolute Gasteiger partial charge is 0.247 e. The maximum absolute atomic E-state index is 12.5. The molecule has 1 saturated carbocycles. The van der Waals surface area contributed by atoms with Crippen molar-refractivity contribution in [2.45, 2.75) is 31.8 Å². The summed E-state index contributed by atoms with van der Waals surface area (Å²) >= 11 is 5.09. The molecule has 0 aromatic heterocycles. The topological polar surface area (TPSA) is 61.8 Å². The number of carbonyl (C=O) groups excluding carboxylic acids is 2. The van der Waals surface area contributed by atoms with Crippen LogP contribution in [0.5, 0.6) is 0 Å². The van der Waals surface area contributed by atoms with Crippen molar-refractivity contribution in [1.29, 1.82) is 0 Å². The molecule has 1 heterocycles. The quantitative estimate of drug-likeness (QED) is 0.524. The Morgan fingerprint density at radius 3 is 2.64 bits per heavy atom. The number of hydrogen-bond acceptors (Lipinski definition) is 4. The van der Waals surface area contributed by atoms with E-state index in [2.05, 4.69) is 10.3 Å². The van der Waals surface area contributed by atoms with Crippen molar-refractivity contribution in [2.24, 2.45) is 10.9 Å². The first-order chi connectivity index (χ1) is 10.6. The fourth-order valence-corrected chi connectivity index (χ4v) is 2.79. The molecule has 2 amide bonds. The molecule has 3 rings (SSSR count). The number of hydrogen-bond donors (Lipinski definition) is 1. The standard InChI is InChI=1S/C16H17N3O2S/c1-10(11-5-3-2-4-6-11)17-9-13-14(20)18-16(22)19(15(13)21)12-7-8-12/h2-6,9-10,12-13H,7-8H2,1H3,(H,18,20,22)/t10-,13?/m0/s1. The van der Waals surface area contributed by atoms with Crippen LogP contribution in [0.25, 0.3) is 0 Å². The average molecular weight is 315 g/mol. The minimum absolute atomic E-state index is 0.106. The number of nitrogens with zero attached hydrogens (tertiary/aromatic N) is 2. The van der Waals surface area contributed by atoms with Gasteiger partial charge in [0.05, 0.1) is 6.04 Å². The van der Waals surface area contributed by atoms with Crippen molar-refractivity contribution in [3.8, 4) is 0 Å². The van der Waals surface area contributed by atoms with Crippen LogP contribution in [0, 0.1) is 5.92 Å². The lowest BCUT2D eigenvalue weighted by molar-refractivity contribution is -0.138. The molecule has 0 spiro atoms. The highest BCUT2D eigenvalue weighted by Crippen LogP contribution is 2.29. The molecule has 2 atom stereocenters. The molecular weight excluding hydrogens is 298 g/mol. The number of carbonyl (C=O) groups is 2. The van der Waals surface area contributed by atoms with Crippen LogP contribution >= 0.6 is 12.2 Å². The van der Waals surface area contributed by atoms with Crippen molar-refractivity contribution in [2.75, 3.05) is 0 Å². The number of nitrogens with one attached hydrogen (secondary N) is 1. The molecule has 0 radical (unpaired) electrons. The first-order valence-corrected chi connectivity index (χ1v) is 7.75. The summed E-state index contributed by atoms with van der Waals surface area (Å²) in [5.41, 5.74) is 1.04. The summed E-state index contributed by atoms with van der Waals surface area (Å²) in [7, 11) is 0. The van der Waals surface area contributed by atoms with Crippen LogP contribution in [-0.2, 0) is 9.59 Å². The van der Waals surface area contributed by atoms with Crippen molar-refractivity contribution in [3.63, 3.8) is 0 Å². The number of benzene rings is 1. The van der Waals surface area contributed by atoms with E-state index in [1.54, 1.807) is 0 Å². The lowest BCUT2D eigenvalue weighted by Crippen LogP contribution is -2.58. The number of rotatable bonds is 4. The van der Waals surface area contributed by atoms with Gasteiger partial charge in [0.25, 0.3) is 0 Å². The summed E-state index contributed by atoms with van der Waals surface area (Å²) in [4.78, 5) is 30.4. The van der Waals surface area contributed by atoms with Gasteiger partial charge in [0.2, 0.25) is 11.8 Å². The van der Waals surface area contributed by atoms with Gasteiger partial charge in [-0.2, -0.15) is 0 Å². The van der Waals surface area contributed by atoms with Crippen LogP contribution in [0.2, 0.25) is 0 Å². The van der Waals surface area contributed by atoms with E-state index in [0.29, 0.717) is 0 Å². The maximum Gasteiger partial charge on any atom is 0.247 e. The second-order valence-electron chi connectivity index (χ2n) is 5.60. The van der Waals surface area contributed by atoms with Crippen molar-refractivity contribution < 1.29 is 9.59 Å². The molecule has 1 aromatic rings. The lowest BCUT2D eigenvalue weighted by atomic mass is 10.1. The van der Waals surface area contributed by atoms with Crippen LogP contribution in [0.4, 0.5) is 0 Å². The molecular formula is C16H17N3O2S. The van der Waals surface area contributed by atoms with Gasteiger partial charge in [0, 0.05) is 12.3 Å². The monoisotopic (exact) mass is 315 g/mol. The normalized spacial score (nSPS) is 23.8. The number of aliphatic imine (C=N–C) groups is 1. The minimum atomic E-state index is -0.890. The summed E-state index contributed by atoms with van der Waals surface area (Å²) < 4.78 is 0. The Bertz CT molecular complexity index is 640. The summed E-state index contributed by atoms with van der Waals surface area (Å²) in [6, 6.07) is 9.78. The highest BCUT2D eigenvalue weighted by molar-refractivity contribution is 7.80. The Hall–Kier alpha value is -2.08. The molecule has 114 valence electrons. The fraction of sp³-hybridized carbons (Fsp3) is 0.375. The van der Waals surface area contributed by atoms with Crippen LogP contribution in [0.3, 0.4) is 0 Å². The third kappa shape index (κ3) is 2.92. The molecule has 0 bridgehead atoms. The molecule has 22 heavy (non-hydrogen) atoms. The van der Waals surface area contributed by atoms with Gasteiger partial charge in [-0.05, 0) is 37.5 Å². The molecule has 2 fully saturated rings. The molecule has 2 aliphatic rings. The van der Waals surface area contributed by atoms with Gasteiger partial charge >= 0.3 is 0 Å². The van der Waals surface area contributed by atoms with Crippen LogP contribution in [-0.4, -0.2) is 34.1 Å². The molecule has 5 nitrogen and oxygen atoms in total. The second-order valence-corrected chi connectivity index (χ2v) is 5.98. The highest BCUT2D eigenvalue weighted by Gasteiger charge is 2.44. The first kappa shape index (κ1) is 14.8. The lowest BCUT2D eigenvalue weighted by Gasteiger charge is -2.31. The molecule has 1 aromatic carbocycles. The summed E-state index contributed by atoms with van der Waals surface area (Å²) in [5, 5.41) is 2.82. The van der Waals surface area contributed by atoms with Crippen molar-refractivity contribution in [3.05, 3.63) is 35.9 Å². The minimum Gasteiger partial charge on any atom is -0.302 e. The van der Waals surface area contributed by atoms with Gasteiger partial charge in [-0.25, -0.2) is 0 Å². The summed E-state index contributed by atoms with van der Waals surface area (Å²) in [6.07, 6.45) is 3.32. The van der Waals surface area contributed by atoms with E-state index in [4.69, 9.17) is 12.2 Å². The first-order valence-electron chi connectivity index (χ1n) is 7.34. The number of thiocarbonyl (C=S) groups is 1. The zero-order valence-electron chi connectivity index (χ0n) is 12.2. The van der Waals surface area contributed by atoms with Crippen LogP contribution in [0.1, 0.15) is 31.4 Å². The summed E-state index contributed by atoms with van der Waals surface area (Å²) in [5.74, 6) is -1.55. The second kappa shape index (κ2) is 5.96. The van der Waals surface area contributed by atoms with Crippen molar-refractivity contribution >= 4 is 35.4 Å². The predicted molar refractivity (Wildman–Crippen MR) is 87.4 cm³/mol. The Balaban J connectivity index is 1.75. The molecule has 6 heteroatoms. The molecule has 1 N–H and O–H groups in total. The molecule has 1 aliphatic heterocycles. The Kier molecular flexibility index (Phi) is 4.02. The van der Waals surface area contributed by atoms with E-state index in [9.17, 15) is 9.59 Å². The van der Waals surface area contributed by atoms with Crippen molar-refractivity contribution in [1.82, 2.24) is 10.2 Å². The van der Waals surface area contributed by atoms with Gasteiger partial charge in [-0.15, -0.1) is 0 Å². The van der Waals surface area contributed by atoms with E-state index >= 15 is 0 Å². The largest absolute Gasteiger partial charge is 0.302 e. The predicted octanol–water partition coefficient (Wildman–Crippen LogP) is 1.84. The number of amides is 2. The fourth-order valence-electron chi connectivity index (χ4n) is 2.45. The van der Waals surface area contributed by atoms with Gasteiger partial charge in [-0.1, -0.05) is 30.3 Å². The van der Waals surface area contributed by atoms with E-state index in [-0.39, 0.29) is 23.1 Å². The Labute approximate surface area is 134 Å². The van der Waals surface area contributed by atoms with Crippen LogP contribution < -0.4 is 5.32 Å². The van der Waals surface area contributed by atoms with Gasteiger partial charge in [0.15, 0.2) is 11.0 Å². The third-order valence-corrected chi connectivity index (χ3v) is 4.19. The van der Waals surface area contributed by atoms with Gasteiger partial charge < -0.3 is 5.32 Å². The molecule has 1 unspecified atom stereocenters. The van der Waals surface area contributed by atoms with E-state index in [1.807, 2.05) is 37.3 Å². The van der Waals surface area contributed by atoms with E-state index in [1.165, 1.54) is 11.1 Å². The average Bonchev–Trinajstić information content (AvgIpc) is 3.32. The summed E-state index contributed by atoms with van der Waals surface area (Å²) in [6.45, 7) is 1.93. The zero-order valence-corrected chi connectivity index (χ0v) is 13.0. The highest BCUT2D eigenvalue weighted by atomic mass is 32.1. The van der Waals surface area contributed by atoms with Gasteiger partial charge in [0.1, 0.15) is 0 Å². The third-order valence-electron chi connectivity index (χ3n) is 3.89. The molecule has 1 saturated heterocycles. The van der Waals surface area contributed by atoms with E-state index < -0.39 is 11.8 Å². The Morgan fingerprint density at radius 1 is 1.32 bits per heavy atom. The zero-order chi connectivity index (χ0) is 15.7. The Morgan fingerprint density at radius 2 is 2.00 bits per heavy atom. The van der Waals surface area contributed by atoms with Gasteiger partial charge in [-0.3, -0.25) is 19.5 Å².